The lowest BCUT2D eigenvalue weighted by molar-refractivity contribution is -0.135. The van der Waals surface area contributed by atoms with Crippen molar-refractivity contribution >= 4 is 41.1 Å². The molecule has 0 aliphatic rings. The molecule has 1 amide bonds. The zero-order valence-electron chi connectivity index (χ0n) is 17.0. The Bertz CT molecular complexity index is 1390. The largest absolute Gasteiger partial charge is 0.463 e. The molecule has 3 aromatic rings. The molecule has 0 atom stereocenters. The van der Waals surface area contributed by atoms with Crippen molar-refractivity contribution in [3.63, 3.8) is 0 Å². The number of nitrogens with one attached hydrogen (secondary N) is 1. The molecule has 1 N–H and O–H groups in total. The SMILES string of the molecule is CCOC(=O)/C=c1\s/c(=C\c2cccc(C#N)c2)c(=O)n1CC(=O)Nc1cccc(F)c1. The van der Waals surface area contributed by atoms with Gasteiger partial charge in [-0.2, -0.15) is 5.26 Å². The number of carbonyl (C=O) groups is 2. The number of hydrogen-bond acceptors (Lipinski definition) is 6. The first-order chi connectivity index (χ1) is 15.4. The third-order valence-electron chi connectivity index (χ3n) is 4.19. The van der Waals surface area contributed by atoms with E-state index in [1.54, 1.807) is 37.3 Å². The van der Waals surface area contributed by atoms with Gasteiger partial charge in [0, 0.05) is 5.69 Å². The highest BCUT2D eigenvalue weighted by atomic mass is 32.1. The van der Waals surface area contributed by atoms with Crippen molar-refractivity contribution in [3.8, 4) is 6.07 Å². The molecule has 0 saturated carbocycles. The minimum absolute atomic E-state index is 0.158. The van der Waals surface area contributed by atoms with E-state index in [9.17, 15) is 18.8 Å². The molecular weight excluding hydrogens is 433 g/mol. The average molecular weight is 451 g/mol. The molecule has 7 nitrogen and oxygen atoms in total. The van der Waals surface area contributed by atoms with Crippen LogP contribution in [0.15, 0.2) is 53.3 Å². The summed E-state index contributed by atoms with van der Waals surface area (Å²) >= 11 is 1.01. The van der Waals surface area contributed by atoms with Crippen molar-refractivity contribution in [2.45, 2.75) is 13.5 Å². The lowest BCUT2D eigenvalue weighted by Gasteiger charge is -2.06. The Morgan fingerprint density at radius 3 is 2.75 bits per heavy atom. The van der Waals surface area contributed by atoms with E-state index in [-0.39, 0.29) is 28.0 Å². The van der Waals surface area contributed by atoms with Gasteiger partial charge < -0.3 is 10.1 Å². The molecule has 162 valence electrons. The molecule has 0 unspecified atom stereocenters. The van der Waals surface area contributed by atoms with Crippen LogP contribution in [-0.4, -0.2) is 23.1 Å². The van der Waals surface area contributed by atoms with E-state index in [0.29, 0.717) is 11.1 Å². The van der Waals surface area contributed by atoms with Gasteiger partial charge in [0.15, 0.2) is 0 Å². The van der Waals surface area contributed by atoms with Crippen LogP contribution < -0.4 is 20.1 Å². The first kappa shape index (κ1) is 22.7. The number of benzene rings is 2. The molecule has 1 aromatic heterocycles. The highest BCUT2D eigenvalue weighted by Gasteiger charge is 2.12. The molecule has 0 bridgehead atoms. The number of carbonyl (C=O) groups excluding carboxylic acids is 2. The maximum absolute atomic E-state index is 13.4. The number of halogens is 1. The zero-order chi connectivity index (χ0) is 23.1. The van der Waals surface area contributed by atoms with E-state index in [1.165, 1.54) is 18.2 Å². The molecule has 9 heteroatoms. The first-order valence-corrected chi connectivity index (χ1v) is 10.4. The molecule has 0 radical (unpaired) electrons. The van der Waals surface area contributed by atoms with Crippen molar-refractivity contribution < 1.29 is 18.7 Å². The van der Waals surface area contributed by atoms with Crippen LogP contribution in [0, 0.1) is 17.1 Å². The number of aromatic nitrogens is 1. The fraction of sp³-hybridized carbons (Fsp3) is 0.130. The summed E-state index contributed by atoms with van der Waals surface area (Å²) in [7, 11) is 0. The second kappa shape index (κ2) is 10.3. The number of anilines is 1. The van der Waals surface area contributed by atoms with Crippen molar-refractivity contribution in [2.75, 3.05) is 11.9 Å². The molecule has 3 rings (SSSR count). The van der Waals surface area contributed by atoms with Gasteiger partial charge in [0.2, 0.25) is 5.91 Å². The monoisotopic (exact) mass is 451 g/mol. The van der Waals surface area contributed by atoms with Gasteiger partial charge in [-0.3, -0.25) is 14.2 Å². The normalized spacial score (nSPS) is 11.8. The minimum atomic E-state index is -0.647. The van der Waals surface area contributed by atoms with Crippen LogP contribution in [0.4, 0.5) is 10.1 Å². The Morgan fingerprint density at radius 1 is 1.25 bits per heavy atom. The van der Waals surface area contributed by atoms with E-state index < -0.39 is 23.3 Å². The Morgan fingerprint density at radius 2 is 2.03 bits per heavy atom. The number of amides is 1. The minimum Gasteiger partial charge on any atom is -0.463 e. The van der Waals surface area contributed by atoms with E-state index in [4.69, 9.17) is 10.00 Å². The summed E-state index contributed by atoms with van der Waals surface area (Å²) < 4.78 is 19.9. The van der Waals surface area contributed by atoms with Crippen molar-refractivity contribution in [2.24, 2.45) is 0 Å². The van der Waals surface area contributed by atoms with Crippen LogP contribution in [0.5, 0.6) is 0 Å². The summed E-state index contributed by atoms with van der Waals surface area (Å²) in [4.78, 5) is 37.5. The molecule has 0 aliphatic carbocycles. The van der Waals surface area contributed by atoms with Crippen LogP contribution in [-0.2, 0) is 20.9 Å². The van der Waals surface area contributed by atoms with Crippen LogP contribution in [0.25, 0.3) is 12.2 Å². The van der Waals surface area contributed by atoms with Crippen LogP contribution in [0.3, 0.4) is 0 Å². The van der Waals surface area contributed by atoms with E-state index >= 15 is 0 Å². The number of ether oxygens (including phenoxy) is 1. The topological polar surface area (TPSA) is 101 Å². The summed E-state index contributed by atoms with van der Waals surface area (Å²) in [5, 5.41) is 11.6. The molecule has 0 fully saturated rings. The third kappa shape index (κ3) is 5.77. The van der Waals surface area contributed by atoms with Gasteiger partial charge in [0.05, 0.1) is 28.8 Å². The summed E-state index contributed by atoms with van der Waals surface area (Å²) in [6, 6.07) is 14.1. The standard InChI is InChI=1S/C23H18FN3O4S/c1-2-31-22(29)12-21-27(14-20(28)26-18-8-4-7-17(24)11-18)23(30)19(32-21)10-15-5-3-6-16(9-15)13-25/h3-12H,2,14H2,1H3,(H,26,28)/b19-10-,21-12-. The molecule has 2 aromatic carbocycles. The molecule has 0 aliphatic heterocycles. The average Bonchev–Trinajstić information content (AvgIpc) is 3.02. The smallest absolute Gasteiger partial charge is 0.333 e. The lowest BCUT2D eigenvalue weighted by atomic mass is 10.1. The Balaban J connectivity index is 2.02. The maximum Gasteiger partial charge on any atom is 0.333 e. The lowest BCUT2D eigenvalue weighted by Crippen LogP contribution is -2.36. The van der Waals surface area contributed by atoms with E-state index in [2.05, 4.69) is 5.32 Å². The zero-order valence-corrected chi connectivity index (χ0v) is 17.8. The predicted octanol–water partition coefficient (Wildman–Crippen LogP) is 1.73. The van der Waals surface area contributed by atoms with Gasteiger partial charge >= 0.3 is 5.97 Å². The maximum atomic E-state index is 13.4. The second-order valence-electron chi connectivity index (χ2n) is 6.53. The number of esters is 1. The number of nitrogens with zero attached hydrogens (tertiary/aromatic N) is 2. The quantitative estimate of drug-likeness (QED) is 0.576. The van der Waals surface area contributed by atoms with Crippen LogP contribution >= 0.6 is 11.3 Å². The molecule has 0 spiro atoms. The molecule has 1 heterocycles. The van der Waals surface area contributed by atoms with Crippen LogP contribution in [0.2, 0.25) is 0 Å². The fourth-order valence-electron chi connectivity index (χ4n) is 2.84. The summed E-state index contributed by atoms with van der Waals surface area (Å²) in [5.41, 5.74) is 0.821. The van der Waals surface area contributed by atoms with Crippen molar-refractivity contribution in [3.05, 3.63) is 85.0 Å². The van der Waals surface area contributed by atoms with Gasteiger partial charge in [0.25, 0.3) is 5.56 Å². The van der Waals surface area contributed by atoms with Crippen molar-refractivity contribution in [1.29, 1.82) is 5.26 Å². The molecular formula is C23H18FN3O4S. The summed E-state index contributed by atoms with van der Waals surface area (Å²) in [5.74, 6) is -1.72. The second-order valence-corrected chi connectivity index (χ2v) is 7.59. The van der Waals surface area contributed by atoms with E-state index in [0.717, 1.165) is 28.0 Å². The highest BCUT2D eigenvalue weighted by Crippen LogP contribution is 2.09. The number of hydrogen-bond donors (Lipinski definition) is 1. The highest BCUT2D eigenvalue weighted by molar-refractivity contribution is 7.07. The Labute approximate surface area is 186 Å². The van der Waals surface area contributed by atoms with Crippen LogP contribution in [0.1, 0.15) is 18.1 Å². The summed E-state index contributed by atoms with van der Waals surface area (Å²) in [6.45, 7) is 1.43. The van der Waals surface area contributed by atoms with Gasteiger partial charge in [-0.05, 0) is 48.9 Å². The van der Waals surface area contributed by atoms with Gasteiger partial charge in [-0.15, -0.1) is 11.3 Å². The number of thiazole rings is 1. The summed E-state index contributed by atoms with van der Waals surface area (Å²) in [6.07, 6.45) is 2.73. The molecule has 32 heavy (non-hydrogen) atoms. The predicted molar refractivity (Wildman–Crippen MR) is 119 cm³/mol. The number of nitriles is 1. The Kier molecular flexibility index (Phi) is 7.31. The van der Waals surface area contributed by atoms with Gasteiger partial charge in [0.1, 0.15) is 17.0 Å². The van der Waals surface area contributed by atoms with Gasteiger partial charge in [-0.25, -0.2) is 9.18 Å². The Hall–Kier alpha value is -4.03. The van der Waals surface area contributed by atoms with E-state index in [1.807, 2.05) is 6.07 Å². The first-order valence-electron chi connectivity index (χ1n) is 9.55. The molecule has 0 saturated heterocycles. The third-order valence-corrected chi connectivity index (χ3v) is 5.25. The number of rotatable bonds is 6. The van der Waals surface area contributed by atoms with Gasteiger partial charge in [-0.1, -0.05) is 18.2 Å². The van der Waals surface area contributed by atoms with Crippen molar-refractivity contribution in [1.82, 2.24) is 4.57 Å². The fourth-order valence-corrected chi connectivity index (χ4v) is 3.87.